The number of aryl methyl sites for hydroxylation is 1. The molecule has 7 heteroatoms. The highest BCUT2D eigenvalue weighted by molar-refractivity contribution is 7.92. The number of anilines is 1. The van der Waals surface area contributed by atoms with Gasteiger partial charge in [-0.15, -0.1) is 0 Å². The van der Waals surface area contributed by atoms with Crippen molar-refractivity contribution >= 4 is 26.7 Å². The molecule has 0 saturated carbocycles. The largest absolute Gasteiger partial charge is 0.354 e. The first-order valence-electron chi connectivity index (χ1n) is 10.5. The van der Waals surface area contributed by atoms with Gasteiger partial charge in [0.05, 0.1) is 22.0 Å². The Morgan fingerprint density at radius 1 is 1.00 bits per heavy atom. The van der Waals surface area contributed by atoms with Crippen molar-refractivity contribution in [2.24, 2.45) is 11.8 Å². The lowest BCUT2D eigenvalue weighted by atomic mass is 9.92. The van der Waals surface area contributed by atoms with Gasteiger partial charge in [-0.05, 0) is 49.4 Å². The minimum atomic E-state index is -3.97. The number of aromatic nitrogens is 2. The molecule has 4 rings (SSSR count). The zero-order valence-electron chi connectivity index (χ0n) is 18.0. The number of sulfone groups is 1. The molecule has 0 amide bonds. The molecule has 0 spiro atoms. The first-order chi connectivity index (χ1) is 14.8. The van der Waals surface area contributed by atoms with Crippen LogP contribution in [0.3, 0.4) is 0 Å². The number of para-hydroxylation sites is 2. The quantitative estimate of drug-likeness (QED) is 0.602. The van der Waals surface area contributed by atoms with Crippen LogP contribution >= 0.6 is 0 Å². The molecule has 1 saturated heterocycles. The number of hydrogen-bond donors (Lipinski definition) is 0. The monoisotopic (exact) mass is 434 g/mol. The average Bonchev–Trinajstić information content (AvgIpc) is 2.73. The fraction of sp³-hybridized carbons (Fsp3) is 0.375. The van der Waals surface area contributed by atoms with E-state index in [1.807, 2.05) is 31.2 Å². The summed E-state index contributed by atoms with van der Waals surface area (Å²) in [4.78, 5) is 11.7. The van der Waals surface area contributed by atoms with Gasteiger partial charge in [0.2, 0.25) is 9.84 Å². The molecule has 1 aromatic heterocycles. The van der Waals surface area contributed by atoms with Crippen molar-refractivity contribution in [1.82, 2.24) is 9.97 Å². The fourth-order valence-electron chi connectivity index (χ4n) is 4.39. The van der Waals surface area contributed by atoms with Crippen LogP contribution < -0.4 is 4.90 Å². The fourth-order valence-corrected chi connectivity index (χ4v) is 5.77. The first-order valence-corrected chi connectivity index (χ1v) is 12.1. The lowest BCUT2D eigenvalue weighted by Gasteiger charge is -2.36. The number of nitrogens with zero attached hydrogens (tertiary/aromatic N) is 4. The van der Waals surface area contributed by atoms with Crippen molar-refractivity contribution in [2.75, 3.05) is 18.0 Å². The number of piperidine rings is 1. The molecule has 31 heavy (non-hydrogen) atoms. The van der Waals surface area contributed by atoms with E-state index in [2.05, 4.69) is 23.7 Å². The number of nitriles is 1. The van der Waals surface area contributed by atoms with Crippen LogP contribution in [0.5, 0.6) is 0 Å². The maximum atomic E-state index is 13.5. The van der Waals surface area contributed by atoms with Crippen LogP contribution in [0, 0.1) is 30.1 Å². The van der Waals surface area contributed by atoms with Gasteiger partial charge in [0, 0.05) is 13.1 Å². The van der Waals surface area contributed by atoms with Crippen molar-refractivity contribution in [3.8, 4) is 6.07 Å². The van der Waals surface area contributed by atoms with Gasteiger partial charge < -0.3 is 4.90 Å². The summed E-state index contributed by atoms with van der Waals surface area (Å²) in [5, 5.41) is 8.58. The lowest BCUT2D eigenvalue weighted by molar-refractivity contribution is 0.355. The van der Waals surface area contributed by atoms with E-state index < -0.39 is 15.1 Å². The first kappa shape index (κ1) is 21.3. The Morgan fingerprint density at radius 3 is 2.16 bits per heavy atom. The second-order valence-corrected chi connectivity index (χ2v) is 10.7. The maximum absolute atomic E-state index is 13.5. The summed E-state index contributed by atoms with van der Waals surface area (Å²) in [6.07, 6.45) is 1.11. The Balaban J connectivity index is 1.90. The van der Waals surface area contributed by atoms with Crippen LogP contribution in [0.25, 0.3) is 11.0 Å². The SMILES string of the molecule is Cc1ccc(S(=O)(=O)[C@H](C#N)c2nc3ccccc3nc2N2C[C@H](C)C[C@H](C)C2)cc1. The van der Waals surface area contributed by atoms with Crippen LogP contribution in [0.1, 0.15) is 36.8 Å². The normalized spacial score (nSPS) is 20.4. The highest BCUT2D eigenvalue weighted by Crippen LogP contribution is 2.36. The highest BCUT2D eigenvalue weighted by Gasteiger charge is 2.36. The van der Waals surface area contributed by atoms with Crippen LogP contribution in [-0.4, -0.2) is 31.5 Å². The molecule has 0 bridgehead atoms. The Labute approximate surface area is 183 Å². The molecule has 6 nitrogen and oxygen atoms in total. The van der Waals surface area contributed by atoms with Crippen molar-refractivity contribution < 1.29 is 8.42 Å². The third-order valence-corrected chi connectivity index (χ3v) is 7.65. The predicted octanol–water partition coefficient (Wildman–Crippen LogP) is 4.46. The Morgan fingerprint density at radius 2 is 1.58 bits per heavy atom. The minimum absolute atomic E-state index is 0.117. The van der Waals surface area contributed by atoms with Gasteiger partial charge in [0.15, 0.2) is 11.1 Å². The zero-order valence-corrected chi connectivity index (χ0v) is 18.8. The van der Waals surface area contributed by atoms with Crippen molar-refractivity contribution in [2.45, 2.75) is 37.3 Å². The summed E-state index contributed by atoms with van der Waals surface area (Å²) in [6.45, 7) is 7.77. The molecule has 2 aromatic carbocycles. The van der Waals surface area contributed by atoms with Gasteiger partial charge in [-0.2, -0.15) is 5.26 Å². The number of fused-ring (bicyclic) bond motifs is 1. The summed E-state index contributed by atoms with van der Waals surface area (Å²) in [5.74, 6) is 1.39. The van der Waals surface area contributed by atoms with E-state index in [1.54, 1.807) is 30.3 Å². The summed E-state index contributed by atoms with van der Waals surface area (Å²) >= 11 is 0. The van der Waals surface area contributed by atoms with Crippen molar-refractivity contribution in [3.63, 3.8) is 0 Å². The van der Waals surface area contributed by atoms with Crippen LogP contribution in [0.15, 0.2) is 53.4 Å². The lowest BCUT2D eigenvalue weighted by Crippen LogP contribution is -2.40. The summed E-state index contributed by atoms with van der Waals surface area (Å²) < 4.78 is 26.9. The molecule has 160 valence electrons. The van der Waals surface area contributed by atoms with Crippen LogP contribution in [-0.2, 0) is 9.84 Å². The van der Waals surface area contributed by atoms with E-state index in [0.717, 1.165) is 25.1 Å². The van der Waals surface area contributed by atoms with E-state index in [-0.39, 0.29) is 10.6 Å². The zero-order chi connectivity index (χ0) is 22.2. The van der Waals surface area contributed by atoms with Gasteiger partial charge in [-0.1, -0.05) is 43.7 Å². The highest BCUT2D eigenvalue weighted by atomic mass is 32.2. The second-order valence-electron chi connectivity index (χ2n) is 8.64. The molecule has 0 unspecified atom stereocenters. The van der Waals surface area contributed by atoms with E-state index in [1.165, 1.54) is 0 Å². The predicted molar refractivity (Wildman–Crippen MR) is 121 cm³/mol. The molecular weight excluding hydrogens is 408 g/mol. The Bertz CT molecular complexity index is 1240. The smallest absolute Gasteiger partial charge is 0.200 e. The second kappa shape index (κ2) is 8.27. The van der Waals surface area contributed by atoms with Crippen LogP contribution in [0.4, 0.5) is 5.82 Å². The molecule has 0 N–H and O–H groups in total. The molecule has 2 heterocycles. The van der Waals surface area contributed by atoms with Gasteiger partial charge in [-0.25, -0.2) is 18.4 Å². The van der Waals surface area contributed by atoms with Crippen molar-refractivity contribution in [3.05, 3.63) is 59.8 Å². The van der Waals surface area contributed by atoms with Gasteiger partial charge >= 0.3 is 0 Å². The van der Waals surface area contributed by atoms with Gasteiger partial charge in [-0.3, -0.25) is 0 Å². The minimum Gasteiger partial charge on any atom is -0.354 e. The van der Waals surface area contributed by atoms with Gasteiger partial charge in [0.1, 0.15) is 5.69 Å². The Hall–Kier alpha value is -2.98. The molecular formula is C24H26N4O2S. The summed E-state index contributed by atoms with van der Waals surface area (Å²) in [7, 11) is -3.97. The number of hydrogen-bond acceptors (Lipinski definition) is 6. The van der Waals surface area contributed by atoms with E-state index >= 15 is 0 Å². The van der Waals surface area contributed by atoms with E-state index in [9.17, 15) is 13.7 Å². The molecule has 1 aliphatic rings. The number of rotatable bonds is 4. The number of benzene rings is 2. The molecule has 1 fully saturated rings. The molecule has 3 atom stereocenters. The summed E-state index contributed by atoms with van der Waals surface area (Å²) in [6, 6.07) is 16.0. The van der Waals surface area contributed by atoms with E-state index in [4.69, 9.17) is 4.98 Å². The van der Waals surface area contributed by atoms with Gasteiger partial charge in [0.25, 0.3) is 0 Å². The van der Waals surface area contributed by atoms with Crippen LogP contribution in [0.2, 0.25) is 0 Å². The molecule has 0 aliphatic carbocycles. The Kier molecular flexibility index (Phi) is 5.67. The average molecular weight is 435 g/mol. The topological polar surface area (TPSA) is 86.9 Å². The standard InChI is InChI=1S/C24H26N4O2S/c1-16-8-10-19(11-9-16)31(29,30)22(13-25)23-24(28-14-17(2)12-18(3)15-28)27-21-7-5-4-6-20(21)26-23/h4-11,17-18,22H,12,14-15H2,1-3H3/t17-,18+,22-/m1/s1. The van der Waals surface area contributed by atoms with E-state index in [0.29, 0.717) is 28.7 Å². The third kappa shape index (κ3) is 4.13. The molecule has 3 aromatic rings. The summed E-state index contributed by atoms with van der Waals surface area (Å²) in [5.41, 5.74) is 2.44. The third-order valence-electron chi connectivity index (χ3n) is 5.77. The van der Waals surface area contributed by atoms with Crippen molar-refractivity contribution in [1.29, 1.82) is 5.26 Å². The molecule has 1 aliphatic heterocycles. The maximum Gasteiger partial charge on any atom is 0.200 e. The molecule has 0 radical (unpaired) electrons.